The van der Waals surface area contributed by atoms with Gasteiger partial charge in [0.25, 0.3) is 5.91 Å². The van der Waals surface area contributed by atoms with Crippen LogP contribution in [0, 0.1) is 0 Å². The quantitative estimate of drug-likeness (QED) is 0.525. The molecule has 0 fully saturated rings. The highest BCUT2D eigenvalue weighted by Crippen LogP contribution is 2.24. The van der Waals surface area contributed by atoms with E-state index in [1.54, 1.807) is 12.1 Å². The Bertz CT molecular complexity index is 959. The summed E-state index contributed by atoms with van der Waals surface area (Å²) in [5.41, 5.74) is 1.51. The van der Waals surface area contributed by atoms with Crippen LogP contribution in [0.3, 0.4) is 0 Å². The fourth-order valence-corrected chi connectivity index (χ4v) is 3.57. The van der Waals surface area contributed by atoms with Crippen LogP contribution in [-0.4, -0.2) is 28.5 Å². The summed E-state index contributed by atoms with van der Waals surface area (Å²) in [6, 6.07) is 14.9. The Kier molecular flexibility index (Phi) is 6.97. The Balaban J connectivity index is 1.88. The van der Waals surface area contributed by atoms with Crippen molar-refractivity contribution < 1.29 is 14.7 Å². The summed E-state index contributed by atoms with van der Waals surface area (Å²) in [7, 11) is 0. The van der Waals surface area contributed by atoms with Gasteiger partial charge in [0.15, 0.2) is 0 Å². The van der Waals surface area contributed by atoms with Gasteiger partial charge in [-0.25, -0.2) is 9.78 Å². The molecule has 2 N–H and O–H groups in total. The maximum Gasteiger partial charge on any atom is 0.339 e. The fourth-order valence-electron chi connectivity index (χ4n) is 2.95. The number of rotatable bonds is 9. The standard InChI is InChI=1S/C22H23N3O3S/c1-2-3-11-25(15-16-8-5-4-6-9-16)20-18(22(27)28)13-17(14-23-20)24-21(26)19-10-7-12-29-19/h4-10,12-14H,2-3,11,15H2,1H3,(H,24,26)(H,27,28). The summed E-state index contributed by atoms with van der Waals surface area (Å²) >= 11 is 1.32. The number of hydrogen-bond acceptors (Lipinski definition) is 5. The number of benzene rings is 1. The largest absolute Gasteiger partial charge is 0.478 e. The summed E-state index contributed by atoms with van der Waals surface area (Å²) in [5, 5.41) is 14.3. The summed E-state index contributed by atoms with van der Waals surface area (Å²) in [6.45, 7) is 3.35. The normalized spacial score (nSPS) is 10.5. The first-order valence-electron chi connectivity index (χ1n) is 9.45. The molecule has 0 spiro atoms. The van der Waals surface area contributed by atoms with Crippen LogP contribution < -0.4 is 10.2 Å². The van der Waals surface area contributed by atoms with Gasteiger partial charge in [-0.2, -0.15) is 0 Å². The van der Waals surface area contributed by atoms with Gasteiger partial charge in [0.2, 0.25) is 0 Å². The summed E-state index contributed by atoms with van der Waals surface area (Å²) < 4.78 is 0. The Morgan fingerprint density at radius 3 is 2.62 bits per heavy atom. The van der Waals surface area contributed by atoms with E-state index in [2.05, 4.69) is 17.2 Å². The zero-order valence-electron chi connectivity index (χ0n) is 16.2. The lowest BCUT2D eigenvalue weighted by Crippen LogP contribution is -2.27. The molecule has 0 radical (unpaired) electrons. The highest BCUT2D eigenvalue weighted by atomic mass is 32.1. The highest BCUT2D eigenvalue weighted by Gasteiger charge is 2.20. The van der Waals surface area contributed by atoms with Crippen LogP contribution in [0.1, 0.15) is 45.4 Å². The number of nitrogens with one attached hydrogen (secondary N) is 1. The summed E-state index contributed by atoms with van der Waals surface area (Å²) in [5.74, 6) is -0.948. The van der Waals surface area contributed by atoms with Crippen molar-refractivity contribution in [1.29, 1.82) is 0 Å². The van der Waals surface area contributed by atoms with Gasteiger partial charge in [-0.3, -0.25) is 4.79 Å². The van der Waals surface area contributed by atoms with Crippen molar-refractivity contribution in [2.75, 3.05) is 16.8 Å². The summed E-state index contributed by atoms with van der Waals surface area (Å²) in [6.07, 6.45) is 3.42. The van der Waals surface area contributed by atoms with Crippen molar-refractivity contribution in [3.63, 3.8) is 0 Å². The fraction of sp³-hybridized carbons (Fsp3) is 0.227. The zero-order chi connectivity index (χ0) is 20.6. The number of anilines is 2. The maximum absolute atomic E-state index is 12.3. The van der Waals surface area contributed by atoms with Gasteiger partial charge in [0.1, 0.15) is 11.4 Å². The molecule has 2 aromatic heterocycles. The average Bonchev–Trinajstić information content (AvgIpc) is 3.27. The molecule has 0 saturated heterocycles. The molecule has 0 aliphatic carbocycles. The lowest BCUT2D eigenvalue weighted by atomic mass is 10.1. The van der Waals surface area contributed by atoms with Crippen molar-refractivity contribution in [2.24, 2.45) is 0 Å². The van der Waals surface area contributed by atoms with E-state index < -0.39 is 5.97 Å². The van der Waals surface area contributed by atoms with E-state index in [9.17, 15) is 14.7 Å². The minimum Gasteiger partial charge on any atom is -0.478 e. The van der Waals surface area contributed by atoms with E-state index in [4.69, 9.17) is 0 Å². The molecule has 0 saturated carbocycles. The number of pyridine rings is 1. The number of carbonyl (C=O) groups is 2. The molecule has 0 aliphatic heterocycles. The third kappa shape index (κ3) is 5.42. The van der Waals surface area contributed by atoms with Crippen LogP contribution in [-0.2, 0) is 6.54 Å². The Hall–Kier alpha value is -3.19. The smallest absolute Gasteiger partial charge is 0.339 e. The Labute approximate surface area is 173 Å². The van der Waals surface area contributed by atoms with Crippen molar-refractivity contribution in [1.82, 2.24) is 4.98 Å². The molecule has 150 valence electrons. The van der Waals surface area contributed by atoms with E-state index in [0.717, 1.165) is 18.4 Å². The first-order chi connectivity index (χ1) is 14.1. The van der Waals surface area contributed by atoms with E-state index in [1.807, 2.05) is 40.6 Å². The maximum atomic E-state index is 12.3. The molecule has 3 aromatic rings. The van der Waals surface area contributed by atoms with Gasteiger partial charge in [-0.1, -0.05) is 49.7 Å². The number of amides is 1. The van der Waals surface area contributed by atoms with Crippen molar-refractivity contribution in [3.8, 4) is 0 Å². The van der Waals surface area contributed by atoms with E-state index >= 15 is 0 Å². The lowest BCUT2D eigenvalue weighted by molar-refractivity contribution is 0.0696. The van der Waals surface area contributed by atoms with Gasteiger partial charge in [-0.15, -0.1) is 11.3 Å². The SMILES string of the molecule is CCCCN(Cc1ccccc1)c1ncc(NC(=O)c2cccs2)cc1C(=O)O. The van der Waals surface area contributed by atoms with Crippen LogP contribution in [0.4, 0.5) is 11.5 Å². The minimum atomic E-state index is -1.07. The monoisotopic (exact) mass is 409 g/mol. The summed E-state index contributed by atoms with van der Waals surface area (Å²) in [4.78, 5) is 31.2. The van der Waals surface area contributed by atoms with Crippen LogP contribution in [0.5, 0.6) is 0 Å². The van der Waals surface area contributed by atoms with Crippen LogP contribution in [0.15, 0.2) is 60.1 Å². The lowest BCUT2D eigenvalue weighted by Gasteiger charge is -2.25. The third-order valence-corrected chi connectivity index (χ3v) is 5.27. The van der Waals surface area contributed by atoms with Gasteiger partial charge in [0.05, 0.1) is 16.8 Å². The molecule has 29 heavy (non-hydrogen) atoms. The molecular weight excluding hydrogens is 386 g/mol. The molecule has 7 heteroatoms. The van der Waals surface area contributed by atoms with Crippen LogP contribution in [0.2, 0.25) is 0 Å². The number of aromatic nitrogens is 1. The van der Waals surface area contributed by atoms with Crippen molar-refractivity contribution in [2.45, 2.75) is 26.3 Å². The second-order valence-corrected chi connectivity index (χ2v) is 7.54. The molecule has 3 rings (SSSR count). The molecule has 0 atom stereocenters. The second kappa shape index (κ2) is 9.84. The number of unbranched alkanes of at least 4 members (excludes halogenated alkanes) is 1. The van der Waals surface area contributed by atoms with Gasteiger partial charge in [0, 0.05) is 13.1 Å². The zero-order valence-corrected chi connectivity index (χ0v) is 17.0. The van der Waals surface area contributed by atoms with Crippen LogP contribution >= 0.6 is 11.3 Å². The number of carboxylic acid groups (broad SMARTS) is 1. The van der Waals surface area contributed by atoms with E-state index in [0.29, 0.717) is 29.5 Å². The number of nitrogens with zero attached hydrogens (tertiary/aromatic N) is 2. The Morgan fingerprint density at radius 1 is 1.17 bits per heavy atom. The van der Waals surface area contributed by atoms with Gasteiger partial charge < -0.3 is 15.3 Å². The number of thiophene rings is 1. The number of aromatic carboxylic acids is 1. The number of carboxylic acids is 1. The first-order valence-corrected chi connectivity index (χ1v) is 10.3. The predicted molar refractivity (Wildman–Crippen MR) is 116 cm³/mol. The second-order valence-electron chi connectivity index (χ2n) is 6.59. The van der Waals surface area contributed by atoms with Gasteiger partial charge in [-0.05, 0) is 29.5 Å². The van der Waals surface area contributed by atoms with Crippen molar-refractivity contribution in [3.05, 3.63) is 76.1 Å². The first kappa shape index (κ1) is 20.5. The molecule has 1 amide bonds. The molecule has 6 nitrogen and oxygen atoms in total. The highest BCUT2D eigenvalue weighted by molar-refractivity contribution is 7.12. The average molecular weight is 410 g/mol. The molecular formula is C22H23N3O3S. The Morgan fingerprint density at radius 2 is 1.97 bits per heavy atom. The van der Waals surface area contributed by atoms with Crippen LogP contribution in [0.25, 0.3) is 0 Å². The van der Waals surface area contributed by atoms with E-state index in [-0.39, 0.29) is 11.5 Å². The topological polar surface area (TPSA) is 82.5 Å². The minimum absolute atomic E-state index is 0.0704. The van der Waals surface area contributed by atoms with Gasteiger partial charge >= 0.3 is 5.97 Å². The molecule has 1 aromatic carbocycles. The van der Waals surface area contributed by atoms with Crippen molar-refractivity contribution >= 4 is 34.7 Å². The third-order valence-electron chi connectivity index (χ3n) is 4.40. The van der Waals surface area contributed by atoms with E-state index in [1.165, 1.54) is 23.6 Å². The number of hydrogen-bond donors (Lipinski definition) is 2. The molecule has 0 bridgehead atoms. The predicted octanol–water partition coefficient (Wildman–Crippen LogP) is 4.90. The molecule has 0 unspecified atom stereocenters. The molecule has 0 aliphatic rings. The molecule has 2 heterocycles. The number of carbonyl (C=O) groups excluding carboxylic acids is 1.